The molecule has 122 valence electrons. The number of nitrogens with one attached hydrogen (secondary N) is 1. The number of carbonyl (C=O) groups excluding carboxylic acids is 2. The van der Waals surface area contributed by atoms with Gasteiger partial charge in [-0.3, -0.25) is 4.79 Å². The molecule has 2 aromatic rings. The smallest absolute Gasteiger partial charge is 0.341 e. The molecule has 0 saturated carbocycles. The molecular formula is C16H17NO5S. The molecule has 0 atom stereocenters. The van der Waals surface area contributed by atoms with E-state index in [1.165, 1.54) is 11.3 Å². The zero-order valence-corrected chi connectivity index (χ0v) is 13.9. The lowest BCUT2D eigenvalue weighted by molar-refractivity contribution is -0.105. The van der Waals surface area contributed by atoms with Gasteiger partial charge in [-0.25, -0.2) is 4.79 Å². The van der Waals surface area contributed by atoms with Crippen molar-refractivity contribution in [3.63, 3.8) is 0 Å². The van der Waals surface area contributed by atoms with Gasteiger partial charge in [-0.2, -0.15) is 0 Å². The van der Waals surface area contributed by atoms with E-state index in [0.29, 0.717) is 34.0 Å². The molecule has 6 nitrogen and oxygen atoms in total. The van der Waals surface area contributed by atoms with Crippen LogP contribution >= 0.6 is 11.3 Å². The number of hydrogen-bond acceptors (Lipinski definition) is 6. The number of rotatable bonds is 7. The molecule has 0 aliphatic carbocycles. The monoisotopic (exact) mass is 335 g/mol. The molecule has 0 aliphatic rings. The van der Waals surface area contributed by atoms with E-state index in [2.05, 4.69) is 5.32 Å². The first-order chi connectivity index (χ1) is 11.2. The first kappa shape index (κ1) is 16.8. The number of amides is 1. The second-order valence-electron chi connectivity index (χ2n) is 4.41. The van der Waals surface area contributed by atoms with Crippen LogP contribution in [0.3, 0.4) is 0 Å². The van der Waals surface area contributed by atoms with Gasteiger partial charge in [0.15, 0.2) is 11.5 Å². The Kier molecular flexibility index (Phi) is 5.59. The van der Waals surface area contributed by atoms with Crippen molar-refractivity contribution in [1.29, 1.82) is 0 Å². The Morgan fingerprint density at radius 3 is 2.61 bits per heavy atom. The lowest BCUT2D eigenvalue weighted by atomic mass is 10.0. The summed E-state index contributed by atoms with van der Waals surface area (Å²) in [5, 5.41) is 4.78. The van der Waals surface area contributed by atoms with Crippen LogP contribution in [0.15, 0.2) is 23.6 Å². The maximum atomic E-state index is 12.2. The van der Waals surface area contributed by atoms with Crippen molar-refractivity contribution in [2.45, 2.75) is 6.92 Å². The molecular weight excluding hydrogens is 318 g/mol. The average Bonchev–Trinajstić information content (AvgIpc) is 2.98. The predicted octanol–water partition coefficient (Wildman–Crippen LogP) is 3.18. The van der Waals surface area contributed by atoms with Crippen LogP contribution in [0.5, 0.6) is 11.5 Å². The van der Waals surface area contributed by atoms with Gasteiger partial charge in [-0.1, -0.05) is 6.07 Å². The van der Waals surface area contributed by atoms with Crippen molar-refractivity contribution in [3.05, 3.63) is 29.1 Å². The van der Waals surface area contributed by atoms with Gasteiger partial charge in [0.1, 0.15) is 10.6 Å². The molecule has 0 radical (unpaired) electrons. The fourth-order valence-corrected chi connectivity index (χ4v) is 3.06. The van der Waals surface area contributed by atoms with Gasteiger partial charge in [-0.05, 0) is 24.6 Å². The fourth-order valence-electron chi connectivity index (χ4n) is 2.14. The molecule has 0 spiro atoms. The molecule has 0 saturated heterocycles. The van der Waals surface area contributed by atoms with E-state index in [0.717, 1.165) is 5.56 Å². The molecule has 23 heavy (non-hydrogen) atoms. The first-order valence-electron chi connectivity index (χ1n) is 6.87. The summed E-state index contributed by atoms with van der Waals surface area (Å²) in [5.74, 6) is 0.661. The molecule has 1 amide bonds. The molecule has 0 unspecified atom stereocenters. The minimum absolute atomic E-state index is 0.251. The first-order valence-corrected chi connectivity index (χ1v) is 7.75. The number of anilines is 1. The number of methoxy groups -OCH3 is 2. The quantitative estimate of drug-likeness (QED) is 0.621. The van der Waals surface area contributed by atoms with Crippen molar-refractivity contribution in [2.75, 3.05) is 26.1 Å². The Hall–Kier alpha value is -2.54. The Morgan fingerprint density at radius 2 is 2.00 bits per heavy atom. The molecule has 1 aromatic heterocycles. The van der Waals surface area contributed by atoms with E-state index in [4.69, 9.17) is 14.2 Å². The van der Waals surface area contributed by atoms with E-state index >= 15 is 0 Å². The molecule has 1 N–H and O–H groups in total. The van der Waals surface area contributed by atoms with Crippen LogP contribution in [0, 0.1) is 0 Å². The third-order valence-electron chi connectivity index (χ3n) is 3.16. The van der Waals surface area contributed by atoms with Gasteiger partial charge < -0.3 is 19.5 Å². The summed E-state index contributed by atoms with van der Waals surface area (Å²) in [6.45, 7) is 1.98. The largest absolute Gasteiger partial charge is 0.493 e. The zero-order chi connectivity index (χ0) is 16.8. The number of thiophene rings is 1. The highest BCUT2D eigenvalue weighted by atomic mass is 32.1. The van der Waals surface area contributed by atoms with Gasteiger partial charge in [0.25, 0.3) is 0 Å². The molecule has 0 aliphatic heterocycles. The minimum atomic E-state index is -0.483. The summed E-state index contributed by atoms with van der Waals surface area (Å²) in [6, 6.07) is 5.35. The van der Waals surface area contributed by atoms with Crippen molar-refractivity contribution in [3.8, 4) is 22.6 Å². The summed E-state index contributed by atoms with van der Waals surface area (Å²) in [5.41, 5.74) is 1.76. The molecule has 7 heteroatoms. The lowest BCUT2D eigenvalue weighted by Gasteiger charge is -2.10. The van der Waals surface area contributed by atoms with E-state index in [9.17, 15) is 9.59 Å². The standard InChI is InChI=1S/C16H17NO5S/c1-4-22-16(19)14-11(8-23-15(14)17-9-18)10-5-6-12(20-2)13(7-10)21-3/h5-9H,4H2,1-3H3,(H,17,18). The summed E-state index contributed by atoms with van der Waals surface area (Å²) in [6.07, 6.45) is 0.535. The second-order valence-corrected chi connectivity index (χ2v) is 5.29. The lowest BCUT2D eigenvalue weighted by Crippen LogP contribution is -2.08. The second kappa shape index (κ2) is 7.64. The van der Waals surface area contributed by atoms with Crippen LogP contribution in [0.1, 0.15) is 17.3 Å². The van der Waals surface area contributed by atoms with Crippen molar-refractivity contribution >= 4 is 28.7 Å². The van der Waals surface area contributed by atoms with Gasteiger partial charge >= 0.3 is 5.97 Å². The van der Waals surface area contributed by atoms with Gasteiger partial charge in [0.05, 0.1) is 20.8 Å². The summed E-state index contributed by atoms with van der Waals surface area (Å²) in [4.78, 5) is 23.0. The van der Waals surface area contributed by atoms with Crippen molar-refractivity contribution in [2.24, 2.45) is 0 Å². The van der Waals surface area contributed by atoms with Crippen LogP contribution in [-0.2, 0) is 9.53 Å². The highest BCUT2D eigenvalue weighted by Crippen LogP contribution is 2.39. The Morgan fingerprint density at radius 1 is 1.26 bits per heavy atom. The van der Waals surface area contributed by atoms with Crippen molar-refractivity contribution in [1.82, 2.24) is 0 Å². The summed E-state index contributed by atoms with van der Waals surface area (Å²) in [7, 11) is 3.10. The average molecular weight is 335 g/mol. The molecule has 0 fully saturated rings. The highest BCUT2D eigenvalue weighted by molar-refractivity contribution is 7.15. The number of carbonyl (C=O) groups is 2. The SMILES string of the molecule is CCOC(=O)c1c(-c2ccc(OC)c(OC)c2)csc1NC=O. The fraction of sp³-hybridized carbons (Fsp3) is 0.250. The maximum Gasteiger partial charge on any atom is 0.341 e. The topological polar surface area (TPSA) is 73.9 Å². The predicted molar refractivity (Wildman–Crippen MR) is 88.5 cm³/mol. The Balaban J connectivity index is 2.54. The Bertz CT molecular complexity index is 710. The third-order valence-corrected chi connectivity index (χ3v) is 4.07. The van der Waals surface area contributed by atoms with Crippen LogP contribution < -0.4 is 14.8 Å². The van der Waals surface area contributed by atoms with E-state index in [1.807, 2.05) is 6.07 Å². The van der Waals surface area contributed by atoms with Crippen LogP contribution in [0.25, 0.3) is 11.1 Å². The van der Waals surface area contributed by atoms with E-state index in [-0.39, 0.29) is 6.61 Å². The van der Waals surface area contributed by atoms with Gasteiger partial charge in [0.2, 0.25) is 6.41 Å². The number of hydrogen-bond donors (Lipinski definition) is 1. The van der Waals surface area contributed by atoms with Gasteiger partial charge in [-0.15, -0.1) is 11.3 Å². The number of esters is 1. The van der Waals surface area contributed by atoms with E-state index < -0.39 is 5.97 Å². The highest BCUT2D eigenvalue weighted by Gasteiger charge is 2.22. The van der Waals surface area contributed by atoms with Crippen molar-refractivity contribution < 1.29 is 23.8 Å². The summed E-state index contributed by atoms with van der Waals surface area (Å²) < 4.78 is 15.6. The number of ether oxygens (including phenoxy) is 3. The van der Waals surface area contributed by atoms with Crippen LogP contribution in [-0.4, -0.2) is 33.2 Å². The van der Waals surface area contributed by atoms with Crippen LogP contribution in [0.2, 0.25) is 0 Å². The number of benzene rings is 1. The maximum absolute atomic E-state index is 12.2. The van der Waals surface area contributed by atoms with Gasteiger partial charge in [0, 0.05) is 10.9 Å². The zero-order valence-electron chi connectivity index (χ0n) is 13.0. The Labute approximate surface area is 138 Å². The molecule has 1 aromatic carbocycles. The molecule has 1 heterocycles. The summed E-state index contributed by atoms with van der Waals surface area (Å²) >= 11 is 1.26. The van der Waals surface area contributed by atoms with Crippen LogP contribution in [0.4, 0.5) is 5.00 Å². The molecule has 2 rings (SSSR count). The van der Waals surface area contributed by atoms with E-state index in [1.54, 1.807) is 38.7 Å². The minimum Gasteiger partial charge on any atom is -0.493 e. The third kappa shape index (κ3) is 3.45. The molecule has 0 bridgehead atoms. The normalized spacial score (nSPS) is 10.0.